The number of hydrogen-bond acceptors (Lipinski definition) is 3. The molecule has 1 fully saturated rings. The summed E-state index contributed by atoms with van der Waals surface area (Å²) in [5.41, 5.74) is 0.720. The Balaban J connectivity index is 2.12. The molecule has 0 spiro atoms. The fraction of sp³-hybridized carbons (Fsp3) is 0.533. The van der Waals surface area contributed by atoms with E-state index in [1.807, 2.05) is 24.3 Å². The zero-order valence-corrected chi connectivity index (χ0v) is 10.9. The van der Waals surface area contributed by atoms with Gasteiger partial charge in [0.25, 0.3) is 0 Å². The maximum absolute atomic E-state index is 12.4. The summed E-state index contributed by atoms with van der Waals surface area (Å²) in [4.78, 5) is 12.4. The fourth-order valence-electron chi connectivity index (χ4n) is 2.19. The van der Waals surface area contributed by atoms with E-state index >= 15 is 0 Å². The summed E-state index contributed by atoms with van der Waals surface area (Å²) in [6.45, 7) is 4.09. The van der Waals surface area contributed by atoms with E-state index in [1.165, 1.54) is 0 Å². The van der Waals surface area contributed by atoms with Crippen LogP contribution in [0, 0.1) is 5.92 Å². The third-order valence-electron chi connectivity index (χ3n) is 3.21. The van der Waals surface area contributed by atoms with Crippen LogP contribution in [0.4, 0.5) is 0 Å². The molecule has 0 amide bonds. The minimum Gasteiger partial charge on any atom is -0.493 e. The lowest BCUT2D eigenvalue weighted by Gasteiger charge is -2.21. The minimum absolute atomic E-state index is 0.0881. The molecule has 3 nitrogen and oxygen atoms in total. The molecule has 0 N–H and O–H groups in total. The maximum Gasteiger partial charge on any atom is 0.169 e. The summed E-state index contributed by atoms with van der Waals surface area (Å²) < 4.78 is 10.9. The van der Waals surface area contributed by atoms with Gasteiger partial charge in [-0.1, -0.05) is 19.1 Å². The number of rotatable bonds is 5. The fourth-order valence-corrected chi connectivity index (χ4v) is 2.19. The Morgan fingerprint density at radius 3 is 2.78 bits per heavy atom. The van der Waals surface area contributed by atoms with Crippen molar-refractivity contribution in [1.82, 2.24) is 0 Å². The first-order valence-electron chi connectivity index (χ1n) is 6.66. The molecule has 3 heteroatoms. The summed E-state index contributed by atoms with van der Waals surface area (Å²) in [5, 5.41) is 0. The second-order valence-corrected chi connectivity index (χ2v) is 4.60. The van der Waals surface area contributed by atoms with E-state index in [0.29, 0.717) is 19.8 Å². The molecule has 1 aromatic rings. The first-order chi connectivity index (χ1) is 8.83. The van der Waals surface area contributed by atoms with Crippen molar-refractivity contribution >= 4 is 5.78 Å². The lowest BCUT2D eigenvalue weighted by atomic mass is 9.90. The molecule has 0 aliphatic carbocycles. The SMILES string of the molecule is CCCOc1ccccc1C(=O)C1CCOCC1. The van der Waals surface area contributed by atoms with E-state index in [1.54, 1.807) is 0 Å². The summed E-state index contributed by atoms with van der Waals surface area (Å²) >= 11 is 0. The highest BCUT2D eigenvalue weighted by molar-refractivity contribution is 6.00. The van der Waals surface area contributed by atoms with Crippen molar-refractivity contribution < 1.29 is 14.3 Å². The van der Waals surface area contributed by atoms with Crippen LogP contribution < -0.4 is 4.74 Å². The number of Topliss-reactive ketones (excluding diaryl/α,β-unsaturated/α-hetero) is 1. The van der Waals surface area contributed by atoms with Crippen molar-refractivity contribution in [2.75, 3.05) is 19.8 Å². The van der Waals surface area contributed by atoms with Gasteiger partial charge < -0.3 is 9.47 Å². The summed E-state index contributed by atoms with van der Waals surface area (Å²) in [6.07, 6.45) is 2.59. The summed E-state index contributed by atoms with van der Waals surface area (Å²) in [7, 11) is 0. The van der Waals surface area contributed by atoms with Crippen LogP contribution in [0.2, 0.25) is 0 Å². The maximum atomic E-state index is 12.4. The predicted octanol–water partition coefficient (Wildman–Crippen LogP) is 3.08. The average molecular weight is 248 g/mol. The quantitative estimate of drug-likeness (QED) is 0.751. The van der Waals surface area contributed by atoms with E-state index < -0.39 is 0 Å². The molecule has 1 aliphatic rings. The van der Waals surface area contributed by atoms with Gasteiger partial charge in [0.1, 0.15) is 5.75 Å². The molecular weight excluding hydrogens is 228 g/mol. The lowest BCUT2D eigenvalue weighted by Crippen LogP contribution is -2.24. The molecule has 2 rings (SSSR count). The van der Waals surface area contributed by atoms with Gasteiger partial charge in [0.05, 0.1) is 12.2 Å². The molecule has 0 bridgehead atoms. The van der Waals surface area contributed by atoms with Crippen LogP contribution in [0.25, 0.3) is 0 Å². The molecule has 98 valence electrons. The number of ketones is 1. The molecule has 1 aromatic carbocycles. The van der Waals surface area contributed by atoms with Gasteiger partial charge >= 0.3 is 0 Å². The topological polar surface area (TPSA) is 35.5 Å². The Bertz CT molecular complexity index is 394. The van der Waals surface area contributed by atoms with Gasteiger partial charge in [0, 0.05) is 19.1 Å². The standard InChI is InChI=1S/C15H20O3/c1-2-9-18-14-6-4-3-5-13(14)15(16)12-7-10-17-11-8-12/h3-6,12H,2,7-11H2,1H3. The lowest BCUT2D eigenvalue weighted by molar-refractivity contribution is 0.0542. The van der Waals surface area contributed by atoms with E-state index in [-0.39, 0.29) is 11.7 Å². The first kappa shape index (κ1) is 13.1. The van der Waals surface area contributed by atoms with Crippen LogP contribution in [0.5, 0.6) is 5.75 Å². The van der Waals surface area contributed by atoms with Crippen LogP contribution in [0.15, 0.2) is 24.3 Å². The molecular formula is C15H20O3. The van der Waals surface area contributed by atoms with Gasteiger partial charge in [-0.25, -0.2) is 0 Å². The molecule has 0 aromatic heterocycles. The molecule has 0 unspecified atom stereocenters. The predicted molar refractivity (Wildman–Crippen MR) is 70.1 cm³/mol. The minimum atomic E-state index is 0.0881. The third-order valence-corrected chi connectivity index (χ3v) is 3.21. The van der Waals surface area contributed by atoms with Gasteiger partial charge in [-0.2, -0.15) is 0 Å². The molecule has 0 atom stereocenters. The average Bonchev–Trinajstić information content (AvgIpc) is 2.45. The normalized spacial score (nSPS) is 16.5. The number of carbonyl (C=O) groups excluding carboxylic acids is 1. The number of benzene rings is 1. The molecule has 1 heterocycles. The van der Waals surface area contributed by atoms with E-state index in [2.05, 4.69) is 6.92 Å². The Kier molecular flexibility index (Phi) is 4.76. The smallest absolute Gasteiger partial charge is 0.169 e. The van der Waals surface area contributed by atoms with Crippen molar-refractivity contribution in [3.8, 4) is 5.75 Å². The molecule has 0 saturated carbocycles. The van der Waals surface area contributed by atoms with Gasteiger partial charge in [-0.3, -0.25) is 4.79 Å². The van der Waals surface area contributed by atoms with Gasteiger partial charge in [-0.15, -0.1) is 0 Å². The second-order valence-electron chi connectivity index (χ2n) is 4.60. The van der Waals surface area contributed by atoms with Crippen molar-refractivity contribution in [3.05, 3.63) is 29.8 Å². The Hall–Kier alpha value is -1.35. The highest BCUT2D eigenvalue weighted by atomic mass is 16.5. The Morgan fingerprint density at radius 1 is 1.33 bits per heavy atom. The highest BCUT2D eigenvalue weighted by Crippen LogP contribution is 2.26. The van der Waals surface area contributed by atoms with E-state index in [9.17, 15) is 4.79 Å². The second kappa shape index (κ2) is 6.55. The van der Waals surface area contributed by atoms with Gasteiger partial charge in [0.15, 0.2) is 5.78 Å². The monoisotopic (exact) mass is 248 g/mol. The van der Waals surface area contributed by atoms with Crippen molar-refractivity contribution in [3.63, 3.8) is 0 Å². The van der Waals surface area contributed by atoms with Crippen LogP contribution in [0.3, 0.4) is 0 Å². The molecule has 18 heavy (non-hydrogen) atoms. The first-order valence-corrected chi connectivity index (χ1v) is 6.66. The molecule has 1 aliphatic heterocycles. The van der Waals surface area contributed by atoms with Crippen LogP contribution >= 0.6 is 0 Å². The van der Waals surface area contributed by atoms with Gasteiger partial charge in [0.2, 0.25) is 0 Å². The Morgan fingerprint density at radius 2 is 2.06 bits per heavy atom. The number of hydrogen-bond donors (Lipinski definition) is 0. The zero-order valence-electron chi connectivity index (χ0n) is 10.9. The number of para-hydroxylation sites is 1. The van der Waals surface area contributed by atoms with Crippen LogP contribution in [-0.4, -0.2) is 25.6 Å². The number of ether oxygens (including phenoxy) is 2. The van der Waals surface area contributed by atoms with Gasteiger partial charge in [-0.05, 0) is 31.4 Å². The third kappa shape index (κ3) is 3.10. The van der Waals surface area contributed by atoms with E-state index in [4.69, 9.17) is 9.47 Å². The van der Waals surface area contributed by atoms with Crippen LogP contribution in [0.1, 0.15) is 36.5 Å². The molecule has 1 saturated heterocycles. The molecule has 0 radical (unpaired) electrons. The number of carbonyl (C=O) groups is 1. The zero-order chi connectivity index (χ0) is 12.8. The van der Waals surface area contributed by atoms with E-state index in [0.717, 1.165) is 30.6 Å². The van der Waals surface area contributed by atoms with Crippen LogP contribution in [-0.2, 0) is 4.74 Å². The van der Waals surface area contributed by atoms with Crippen molar-refractivity contribution in [2.24, 2.45) is 5.92 Å². The largest absolute Gasteiger partial charge is 0.493 e. The highest BCUT2D eigenvalue weighted by Gasteiger charge is 2.24. The van der Waals surface area contributed by atoms with Crippen molar-refractivity contribution in [1.29, 1.82) is 0 Å². The summed E-state index contributed by atoms with van der Waals surface area (Å²) in [6, 6.07) is 7.54. The Labute approximate surface area is 108 Å². The summed E-state index contributed by atoms with van der Waals surface area (Å²) in [5.74, 6) is 1.01. The van der Waals surface area contributed by atoms with Crippen molar-refractivity contribution in [2.45, 2.75) is 26.2 Å².